The van der Waals surface area contributed by atoms with Gasteiger partial charge < -0.3 is 60.4 Å². The van der Waals surface area contributed by atoms with E-state index in [0.29, 0.717) is 16.7 Å². The number of ketones is 1. The topological polar surface area (TPSA) is 359 Å². The summed E-state index contributed by atoms with van der Waals surface area (Å²) < 4.78 is 0. The lowest BCUT2D eigenvalue weighted by Crippen LogP contribution is -2.60. The summed E-state index contributed by atoms with van der Waals surface area (Å²) in [6.45, 7) is 6.60. The molecule has 20 nitrogen and oxygen atoms in total. The zero-order valence-electron chi connectivity index (χ0n) is 35.0. The van der Waals surface area contributed by atoms with Crippen LogP contribution < -0.4 is 55.3 Å². The Kier molecular flexibility index (Phi) is 21.0. The number of aliphatic hydroxyl groups excluding tert-OH is 1. The Morgan fingerprint density at radius 1 is 0.607 bits per heavy atom. The number of aliphatic imine (C=N–C) groups is 1. The number of amides is 7. The van der Waals surface area contributed by atoms with Gasteiger partial charge in [-0.1, -0.05) is 82.3 Å². The SMILES string of the molecule is CC(C)C[C@H](NC(=O)[C@H](CC(C)C)NC(=O)[C@H](Cc1ccc(C(=O)c2ccccc2)cc1)NC(=O)[C@@H](N)CO)C(=O)N[C@@H](CCCN=C(N)N)C(=O)N[C@@H](CC(N)=O)C(N)=O. The van der Waals surface area contributed by atoms with Crippen molar-refractivity contribution in [2.24, 2.45) is 45.5 Å². The van der Waals surface area contributed by atoms with Crippen molar-refractivity contribution >= 4 is 53.1 Å². The predicted octanol–water partition coefficient (Wildman–Crippen LogP) is -2.29. The molecule has 2 rings (SSSR count). The van der Waals surface area contributed by atoms with Crippen LogP contribution in [0.3, 0.4) is 0 Å². The number of rotatable bonds is 26. The fourth-order valence-electron chi connectivity index (χ4n) is 6.05. The van der Waals surface area contributed by atoms with Gasteiger partial charge in [-0.15, -0.1) is 0 Å². The second kappa shape index (κ2) is 25.3. The molecule has 2 aromatic rings. The fourth-order valence-corrected chi connectivity index (χ4v) is 6.05. The lowest BCUT2D eigenvalue weighted by Gasteiger charge is -2.28. The summed E-state index contributed by atoms with van der Waals surface area (Å²) in [6.07, 6.45) is -0.338. The standard InChI is InChI=1S/C41H61N11O9/c1-22(2)17-30(38(59)48-28(11-8-16-47-41(45)46)37(58)49-29(35(44)56)20-33(43)54)51-39(60)31(18-23(3)4)52-40(61)32(50-36(57)27(42)21-53)19-24-12-14-26(15-13-24)34(55)25-9-6-5-7-10-25/h5-7,9-10,12-15,22-23,27-32,53H,8,11,16-21,42H2,1-4H3,(H2,43,54)(H2,44,56)(H,48,59)(H,49,58)(H,50,57)(H,51,60)(H,52,61)(H4,45,46,47)/t27-,28-,29-,30-,31-,32-/m0/s1. The third kappa shape index (κ3) is 18.2. The molecule has 6 atom stereocenters. The van der Waals surface area contributed by atoms with Crippen molar-refractivity contribution in [2.75, 3.05) is 13.2 Å². The molecular weight excluding hydrogens is 791 g/mol. The van der Waals surface area contributed by atoms with Gasteiger partial charge in [0.15, 0.2) is 11.7 Å². The largest absolute Gasteiger partial charge is 0.394 e. The van der Waals surface area contributed by atoms with Crippen molar-refractivity contribution in [3.05, 3.63) is 71.3 Å². The summed E-state index contributed by atoms with van der Waals surface area (Å²) in [6, 6.07) is 7.19. The number of nitrogens with two attached hydrogens (primary N) is 5. The van der Waals surface area contributed by atoms with Gasteiger partial charge in [0.05, 0.1) is 13.0 Å². The van der Waals surface area contributed by atoms with Gasteiger partial charge in [0, 0.05) is 24.1 Å². The average Bonchev–Trinajstić information content (AvgIpc) is 3.19. The highest BCUT2D eigenvalue weighted by Crippen LogP contribution is 2.15. The average molecular weight is 852 g/mol. The van der Waals surface area contributed by atoms with E-state index >= 15 is 0 Å². The highest BCUT2D eigenvalue weighted by Gasteiger charge is 2.33. The summed E-state index contributed by atoms with van der Waals surface area (Å²) in [4.78, 5) is 108. The first-order chi connectivity index (χ1) is 28.7. The molecule has 0 unspecified atom stereocenters. The number of nitrogens with one attached hydrogen (secondary N) is 5. The van der Waals surface area contributed by atoms with E-state index in [4.69, 9.17) is 28.7 Å². The molecule has 7 amide bonds. The lowest BCUT2D eigenvalue weighted by molar-refractivity contribution is -0.135. The van der Waals surface area contributed by atoms with Crippen LogP contribution in [0.25, 0.3) is 0 Å². The molecule has 0 fully saturated rings. The van der Waals surface area contributed by atoms with E-state index in [1.807, 2.05) is 13.8 Å². The summed E-state index contributed by atoms with van der Waals surface area (Å²) in [5.41, 5.74) is 28.6. The number of carbonyl (C=O) groups is 8. The monoisotopic (exact) mass is 851 g/mol. The van der Waals surface area contributed by atoms with Crippen LogP contribution in [0.5, 0.6) is 0 Å². The molecule has 334 valence electrons. The lowest BCUT2D eigenvalue weighted by atomic mass is 9.98. The number of aliphatic hydroxyl groups is 1. The molecule has 61 heavy (non-hydrogen) atoms. The van der Waals surface area contributed by atoms with Gasteiger partial charge in [-0.05, 0) is 43.1 Å². The Morgan fingerprint density at radius 3 is 1.54 bits per heavy atom. The third-order valence-electron chi connectivity index (χ3n) is 9.18. The second-order valence-corrected chi connectivity index (χ2v) is 15.5. The van der Waals surface area contributed by atoms with Crippen molar-refractivity contribution in [3.8, 4) is 0 Å². The van der Waals surface area contributed by atoms with Crippen molar-refractivity contribution in [1.82, 2.24) is 26.6 Å². The molecule has 20 heteroatoms. The molecule has 0 radical (unpaired) electrons. The molecule has 0 aliphatic carbocycles. The van der Waals surface area contributed by atoms with Gasteiger partial charge in [0.2, 0.25) is 41.4 Å². The molecule has 0 aromatic heterocycles. The Balaban J connectivity index is 2.37. The van der Waals surface area contributed by atoms with Crippen LogP contribution in [-0.2, 0) is 40.0 Å². The molecule has 0 saturated carbocycles. The minimum Gasteiger partial charge on any atom is -0.394 e. The van der Waals surface area contributed by atoms with E-state index in [2.05, 4.69) is 31.6 Å². The molecule has 0 aliphatic rings. The molecule has 0 aliphatic heterocycles. The predicted molar refractivity (Wildman–Crippen MR) is 227 cm³/mol. The number of hydrogen-bond donors (Lipinski definition) is 11. The van der Waals surface area contributed by atoms with Crippen molar-refractivity contribution in [3.63, 3.8) is 0 Å². The maximum absolute atomic E-state index is 14.0. The first-order valence-electron chi connectivity index (χ1n) is 19.9. The number of carbonyl (C=O) groups excluding carboxylic acids is 8. The molecule has 0 saturated heterocycles. The van der Waals surface area contributed by atoms with Crippen LogP contribution in [0.15, 0.2) is 59.6 Å². The van der Waals surface area contributed by atoms with Crippen LogP contribution in [0.4, 0.5) is 0 Å². The summed E-state index contributed by atoms with van der Waals surface area (Å²) in [5, 5.41) is 22.4. The third-order valence-corrected chi connectivity index (χ3v) is 9.18. The van der Waals surface area contributed by atoms with Crippen molar-refractivity contribution in [2.45, 2.75) is 102 Å². The number of primary amides is 2. The van der Waals surface area contributed by atoms with Crippen LogP contribution >= 0.6 is 0 Å². The van der Waals surface area contributed by atoms with Crippen molar-refractivity contribution < 1.29 is 43.5 Å². The fraction of sp³-hybridized carbons (Fsp3) is 0.488. The first kappa shape index (κ1) is 50.7. The van der Waals surface area contributed by atoms with Crippen LogP contribution in [0.2, 0.25) is 0 Å². The molecule has 0 bridgehead atoms. The number of nitrogens with zero attached hydrogens (tertiary/aromatic N) is 1. The zero-order valence-corrected chi connectivity index (χ0v) is 35.0. The van der Waals surface area contributed by atoms with Crippen LogP contribution in [0.1, 0.15) is 81.3 Å². The molecule has 2 aromatic carbocycles. The highest BCUT2D eigenvalue weighted by atomic mass is 16.3. The molecule has 0 heterocycles. The van der Waals surface area contributed by atoms with E-state index in [0.717, 1.165) is 0 Å². The van der Waals surface area contributed by atoms with Gasteiger partial charge >= 0.3 is 0 Å². The number of hydrogen-bond acceptors (Lipinski definition) is 11. The van der Waals surface area contributed by atoms with Gasteiger partial charge in [-0.3, -0.25) is 43.3 Å². The molecular formula is C41H61N11O9. The Hall–Kier alpha value is -6.41. The summed E-state index contributed by atoms with van der Waals surface area (Å²) >= 11 is 0. The van der Waals surface area contributed by atoms with E-state index in [9.17, 15) is 43.5 Å². The maximum Gasteiger partial charge on any atom is 0.243 e. The van der Waals surface area contributed by atoms with E-state index in [-0.39, 0.29) is 62.2 Å². The van der Waals surface area contributed by atoms with Gasteiger partial charge in [0.1, 0.15) is 36.3 Å². The van der Waals surface area contributed by atoms with Crippen LogP contribution in [0, 0.1) is 11.8 Å². The highest BCUT2D eigenvalue weighted by molar-refractivity contribution is 6.09. The normalized spacial score (nSPS) is 14.0. The van der Waals surface area contributed by atoms with E-state index < -0.39 is 90.6 Å². The first-order valence-corrected chi connectivity index (χ1v) is 19.9. The number of guanidine groups is 1. The number of benzene rings is 2. The van der Waals surface area contributed by atoms with Gasteiger partial charge in [-0.2, -0.15) is 0 Å². The summed E-state index contributed by atoms with van der Waals surface area (Å²) in [7, 11) is 0. The maximum atomic E-state index is 14.0. The second-order valence-electron chi connectivity index (χ2n) is 15.5. The van der Waals surface area contributed by atoms with E-state index in [1.165, 1.54) is 0 Å². The Bertz CT molecular complexity index is 1850. The smallest absolute Gasteiger partial charge is 0.243 e. The minimum absolute atomic E-state index is 0.0378. The Morgan fingerprint density at radius 2 is 1.07 bits per heavy atom. The van der Waals surface area contributed by atoms with Gasteiger partial charge in [0.25, 0.3) is 0 Å². The van der Waals surface area contributed by atoms with E-state index in [1.54, 1.807) is 68.4 Å². The quantitative estimate of drug-likeness (QED) is 0.0206. The van der Waals surface area contributed by atoms with Crippen LogP contribution in [-0.4, -0.2) is 108 Å². The summed E-state index contributed by atoms with van der Waals surface area (Å²) in [5.74, 6) is -6.66. The molecule has 0 spiro atoms. The van der Waals surface area contributed by atoms with Crippen molar-refractivity contribution in [1.29, 1.82) is 0 Å². The Labute approximate surface area is 355 Å². The molecule has 16 N–H and O–H groups in total. The van der Waals surface area contributed by atoms with Gasteiger partial charge in [-0.25, -0.2) is 0 Å². The minimum atomic E-state index is -1.47. The zero-order chi connectivity index (χ0) is 45.8.